The van der Waals surface area contributed by atoms with Gasteiger partial charge in [0.25, 0.3) is 0 Å². The highest BCUT2D eigenvalue weighted by Gasteiger charge is 2.29. The molecular weight excluding hydrogens is 258 g/mol. The first-order valence-electron chi connectivity index (χ1n) is 9.24. The summed E-state index contributed by atoms with van der Waals surface area (Å²) in [6.45, 7) is 10.5. The minimum Gasteiger partial charge on any atom is -0.312 e. The van der Waals surface area contributed by atoms with Crippen molar-refractivity contribution in [3.8, 4) is 0 Å². The highest BCUT2D eigenvalue weighted by Crippen LogP contribution is 2.24. The molecule has 0 spiro atoms. The Balaban J connectivity index is 2.75. The molecule has 0 aromatic carbocycles. The zero-order valence-electron chi connectivity index (χ0n) is 15.2. The van der Waals surface area contributed by atoms with Gasteiger partial charge in [0, 0.05) is 24.7 Å². The molecule has 1 N–H and O–H groups in total. The van der Waals surface area contributed by atoms with Gasteiger partial charge in [0.2, 0.25) is 0 Å². The fraction of sp³-hybridized carbons (Fsp3) is 1.00. The molecule has 3 heteroatoms. The molecule has 1 saturated carbocycles. The molecule has 0 heterocycles. The van der Waals surface area contributed by atoms with Crippen LogP contribution in [0.15, 0.2) is 0 Å². The van der Waals surface area contributed by atoms with E-state index in [0.29, 0.717) is 12.1 Å². The summed E-state index contributed by atoms with van der Waals surface area (Å²) in [7, 11) is 4.38. The van der Waals surface area contributed by atoms with Crippen molar-refractivity contribution in [2.24, 2.45) is 0 Å². The molecule has 1 rings (SSSR count). The summed E-state index contributed by atoms with van der Waals surface area (Å²) in [5, 5.41) is 3.86. The van der Waals surface area contributed by atoms with Gasteiger partial charge >= 0.3 is 0 Å². The summed E-state index contributed by atoms with van der Waals surface area (Å²) in [6, 6.07) is 2.05. The number of hydrogen-bond donors (Lipinski definition) is 1. The Labute approximate surface area is 133 Å². The van der Waals surface area contributed by atoms with E-state index in [9.17, 15) is 0 Å². The maximum atomic E-state index is 3.86. The molecule has 126 valence electrons. The summed E-state index contributed by atoms with van der Waals surface area (Å²) >= 11 is 0. The molecule has 0 radical (unpaired) electrons. The molecule has 3 nitrogen and oxygen atoms in total. The third-order valence-electron chi connectivity index (χ3n) is 4.87. The van der Waals surface area contributed by atoms with E-state index in [1.807, 2.05) is 0 Å². The second kappa shape index (κ2) is 10.6. The first kappa shape index (κ1) is 18.9. The predicted molar refractivity (Wildman–Crippen MR) is 94.0 cm³/mol. The average molecular weight is 298 g/mol. The second-order valence-corrected chi connectivity index (χ2v) is 7.06. The van der Waals surface area contributed by atoms with Gasteiger partial charge in [-0.1, -0.05) is 39.5 Å². The lowest BCUT2D eigenvalue weighted by molar-refractivity contribution is 0.0860. The Hall–Kier alpha value is -0.120. The molecule has 0 saturated heterocycles. The van der Waals surface area contributed by atoms with Crippen molar-refractivity contribution in [2.75, 3.05) is 33.7 Å². The minimum absolute atomic E-state index is 0.639. The van der Waals surface area contributed by atoms with E-state index in [0.717, 1.165) is 12.6 Å². The average Bonchev–Trinajstić information content (AvgIpc) is 2.40. The van der Waals surface area contributed by atoms with E-state index in [-0.39, 0.29) is 0 Å². The van der Waals surface area contributed by atoms with Crippen LogP contribution in [-0.2, 0) is 0 Å². The number of nitrogens with one attached hydrogen (secondary N) is 1. The van der Waals surface area contributed by atoms with Gasteiger partial charge in [0.1, 0.15) is 0 Å². The quantitative estimate of drug-likeness (QED) is 0.741. The largest absolute Gasteiger partial charge is 0.312 e. The standard InChI is InChI=1S/C18H39N3/c1-6-14-19-17-12-10-8-9-11-13-18(17)21(7-2)16(3)15-20(4)5/h16-19H,6-15H2,1-5H3. The van der Waals surface area contributed by atoms with Gasteiger partial charge in [-0.25, -0.2) is 0 Å². The molecule has 0 amide bonds. The van der Waals surface area contributed by atoms with Crippen molar-refractivity contribution in [1.29, 1.82) is 0 Å². The van der Waals surface area contributed by atoms with Crippen molar-refractivity contribution in [3.05, 3.63) is 0 Å². The van der Waals surface area contributed by atoms with E-state index < -0.39 is 0 Å². The van der Waals surface area contributed by atoms with Crippen LogP contribution in [0.1, 0.15) is 65.7 Å². The van der Waals surface area contributed by atoms with E-state index >= 15 is 0 Å². The normalized spacial score (nSPS) is 25.9. The number of rotatable bonds is 8. The maximum absolute atomic E-state index is 3.86. The third kappa shape index (κ3) is 6.66. The lowest BCUT2D eigenvalue weighted by Gasteiger charge is -2.42. The number of likely N-dealkylation sites (N-methyl/N-ethyl adjacent to an activating group) is 2. The molecule has 1 aliphatic carbocycles. The first-order valence-corrected chi connectivity index (χ1v) is 9.24. The lowest BCUT2D eigenvalue weighted by Crippen LogP contribution is -2.55. The summed E-state index contributed by atoms with van der Waals surface area (Å²) in [5.41, 5.74) is 0. The van der Waals surface area contributed by atoms with Crippen molar-refractivity contribution < 1.29 is 0 Å². The Bertz CT molecular complexity index is 253. The van der Waals surface area contributed by atoms with Crippen LogP contribution in [-0.4, -0.2) is 61.7 Å². The summed E-state index contributed by atoms with van der Waals surface area (Å²) < 4.78 is 0. The summed E-state index contributed by atoms with van der Waals surface area (Å²) in [5.74, 6) is 0. The first-order chi connectivity index (χ1) is 10.1. The van der Waals surface area contributed by atoms with Gasteiger partial charge in [0.05, 0.1) is 0 Å². The van der Waals surface area contributed by atoms with E-state index in [1.165, 1.54) is 58.0 Å². The molecule has 3 unspecified atom stereocenters. The van der Waals surface area contributed by atoms with Gasteiger partial charge in [-0.15, -0.1) is 0 Å². The van der Waals surface area contributed by atoms with Crippen LogP contribution in [0.3, 0.4) is 0 Å². The van der Waals surface area contributed by atoms with Crippen LogP contribution < -0.4 is 5.32 Å². The van der Waals surface area contributed by atoms with Crippen molar-refractivity contribution in [2.45, 2.75) is 83.8 Å². The monoisotopic (exact) mass is 297 g/mol. The number of nitrogens with zero attached hydrogens (tertiary/aromatic N) is 2. The molecule has 3 atom stereocenters. The highest BCUT2D eigenvalue weighted by molar-refractivity contribution is 4.88. The van der Waals surface area contributed by atoms with Crippen LogP contribution in [0.4, 0.5) is 0 Å². The second-order valence-electron chi connectivity index (χ2n) is 7.06. The molecule has 0 aliphatic heterocycles. The zero-order valence-corrected chi connectivity index (χ0v) is 15.2. The molecule has 1 fully saturated rings. The van der Waals surface area contributed by atoms with E-state index in [4.69, 9.17) is 0 Å². The fourth-order valence-electron chi connectivity index (χ4n) is 3.94. The highest BCUT2D eigenvalue weighted by atomic mass is 15.2. The van der Waals surface area contributed by atoms with Gasteiger partial charge in [0.15, 0.2) is 0 Å². The topological polar surface area (TPSA) is 18.5 Å². The maximum Gasteiger partial charge on any atom is 0.0252 e. The SMILES string of the molecule is CCCNC1CCCCCCC1N(CC)C(C)CN(C)C. The zero-order chi connectivity index (χ0) is 15.7. The van der Waals surface area contributed by atoms with Crippen LogP contribution in [0.2, 0.25) is 0 Å². The predicted octanol–water partition coefficient (Wildman–Crippen LogP) is 3.35. The van der Waals surface area contributed by atoms with E-state index in [1.54, 1.807) is 0 Å². The van der Waals surface area contributed by atoms with Gasteiger partial charge in [-0.05, 0) is 53.4 Å². The van der Waals surface area contributed by atoms with Gasteiger partial charge in [-0.3, -0.25) is 4.90 Å². The van der Waals surface area contributed by atoms with Gasteiger partial charge < -0.3 is 10.2 Å². The van der Waals surface area contributed by atoms with Crippen molar-refractivity contribution in [1.82, 2.24) is 15.1 Å². The van der Waals surface area contributed by atoms with Crippen molar-refractivity contribution >= 4 is 0 Å². The van der Waals surface area contributed by atoms with Crippen LogP contribution >= 0.6 is 0 Å². The molecule has 21 heavy (non-hydrogen) atoms. The fourth-order valence-corrected chi connectivity index (χ4v) is 3.94. The molecule has 1 aliphatic rings. The molecule has 0 aromatic heterocycles. The summed E-state index contributed by atoms with van der Waals surface area (Å²) in [4.78, 5) is 5.09. The third-order valence-corrected chi connectivity index (χ3v) is 4.87. The van der Waals surface area contributed by atoms with Crippen LogP contribution in [0, 0.1) is 0 Å². The van der Waals surface area contributed by atoms with Crippen molar-refractivity contribution in [3.63, 3.8) is 0 Å². The Kier molecular flexibility index (Phi) is 9.54. The molecule has 0 aromatic rings. The van der Waals surface area contributed by atoms with Gasteiger partial charge in [-0.2, -0.15) is 0 Å². The number of hydrogen-bond acceptors (Lipinski definition) is 3. The molecule has 0 bridgehead atoms. The smallest absolute Gasteiger partial charge is 0.0252 e. The van der Waals surface area contributed by atoms with E-state index in [2.05, 4.69) is 50.0 Å². The Morgan fingerprint density at radius 1 is 1.05 bits per heavy atom. The van der Waals surface area contributed by atoms with Crippen LogP contribution in [0.5, 0.6) is 0 Å². The summed E-state index contributed by atoms with van der Waals surface area (Å²) in [6.07, 6.45) is 9.62. The Morgan fingerprint density at radius 2 is 1.71 bits per heavy atom. The minimum atomic E-state index is 0.639. The Morgan fingerprint density at radius 3 is 2.29 bits per heavy atom. The lowest BCUT2D eigenvalue weighted by atomic mass is 9.90. The molecular formula is C18H39N3. The van der Waals surface area contributed by atoms with Crippen LogP contribution in [0.25, 0.3) is 0 Å².